The van der Waals surface area contributed by atoms with Crippen LogP contribution < -0.4 is 10.1 Å². The summed E-state index contributed by atoms with van der Waals surface area (Å²) < 4.78 is 5.50. The molecule has 88 valence electrons. The zero-order chi connectivity index (χ0) is 11.5. The van der Waals surface area contributed by atoms with Crippen molar-refractivity contribution in [2.24, 2.45) is 5.92 Å². The SMILES string of the molecule is CC(C)CC(C)Nc1ccc2c(c1)CCO2. The Morgan fingerprint density at radius 3 is 2.88 bits per heavy atom. The first-order valence-electron chi connectivity index (χ1n) is 6.17. The van der Waals surface area contributed by atoms with Crippen molar-refractivity contribution in [3.05, 3.63) is 23.8 Å². The highest BCUT2D eigenvalue weighted by molar-refractivity contribution is 5.52. The van der Waals surface area contributed by atoms with E-state index in [1.165, 1.54) is 17.7 Å². The molecule has 0 aromatic heterocycles. The van der Waals surface area contributed by atoms with E-state index in [0.29, 0.717) is 6.04 Å². The fraction of sp³-hybridized carbons (Fsp3) is 0.571. The fourth-order valence-electron chi connectivity index (χ4n) is 2.33. The molecule has 16 heavy (non-hydrogen) atoms. The maximum Gasteiger partial charge on any atom is 0.122 e. The average Bonchev–Trinajstić information content (AvgIpc) is 2.63. The quantitative estimate of drug-likeness (QED) is 0.837. The van der Waals surface area contributed by atoms with Crippen LogP contribution in [0.25, 0.3) is 0 Å². The monoisotopic (exact) mass is 219 g/mol. The second-order valence-corrected chi connectivity index (χ2v) is 5.10. The molecule has 1 aliphatic rings. The second kappa shape index (κ2) is 4.77. The summed E-state index contributed by atoms with van der Waals surface area (Å²) in [6.07, 6.45) is 2.25. The van der Waals surface area contributed by atoms with E-state index in [9.17, 15) is 0 Å². The van der Waals surface area contributed by atoms with Crippen molar-refractivity contribution in [3.8, 4) is 5.75 Å². The Hall–Kier alpha value is -1.18. The summed E-state index contributed by atoms with van der Waals surface area (Å²) in [6, 6.07) is 6.94. The lowest BCUT2D eigenvalue weighted by molar-refractivity contribution is 0.357. The molecular formula is C14H21NO. The van der Waals surface area contributed by atoms with E-state index < -0.39 is 0 Å². The van der Waals surface area contributed by atoms with Gasteiger partial charge in [-0.25, -0.2) is 0 Å². The van der Waals surface area contributed by atoms with Crippen LogP contribution in [0.1, 0.15) is 32.8 Å². The average molecular weight is 219 g/mol. The van der Waals surface area contributed by atoms with Crippen LogP contribution in [0.2, 0.25) is 0 Å². The minimum absolute atomic E-state index is 0.528. The predicted molar refractivity (Wildman–Crippen MR) is 68.2 cm³/mol. The van der Waals surface area contributed by atoms with Crippen LogP contribution in [0.5, 0.6) is 5.75 Å². The van der Waals surface area contributed by atoms with Crippen molar-refractivity contribution in [3.63, 3.8) is 0 Å². The predicted octanol–water partition coefficient (Wildman–Crippen LogP) is 3.47. The van der Waals surface area contributed by atoms with Gasteiger partial charge in [0.25, 0.3) is 0 Å². The molecule has 0 aliphatic carbocycles. The third kappa shape index (κ3) is 2.69. The Labute approximate surface area is 98.0 Å². The van der Waals surface area contributed by atoms with Crippen molar-refractivity contribution in [1.29, 1.82) is 0 Å². The summed E-state index contributed by atoms with van der Waals surface area (Å²) in [4.78, 5) is 0. The lowest BCUT2D eigenvalue weighted by atomic mass is 10.0. The molecule has 0 saturated heterocycles. The molecule has 0 saturated carbocycles. The highest BCUT2D eigenvalue weighted by Crippen LogP contribution is 2.28. The van der Waals surface area contributed by atoms with Gasteiger partial charge in [-0.15, -0.1) is 0 Å². The normalized spacial score (nSPS) is 15.8. The van der Waals surface area contributed by atoms with Gasteiger partial charge in [-0.1, -0.05) is 13.8 Å². The molecule has 1 atom stereocenters. The van der Waals surface area contributed by atoms with Crippen LogP contribution in [0.15, 0.2) is 18.2 Å². The number of benzene rings is 1. The van der Waals surface area contributed by atoms with E-state index >= 15 is 0 Å². The zero-order valence-electron chi connectivity index (χ0n) is 10.4. The van der Waals surface area contributed by atoms with Crippen LogP contribution in [0, 0.1) is 5.92 Å². The maximum atomic E-state index is 5.50. The van der Waals surface area contributed by atoms with Gasteiger partial charge in [0, 0.05) is 18.2 Å². The van der Waals surface area contributed by atoms with Gasteiger partial charge in [-0.05, 0) is 43.0 Å². The van der Waals surface area contributed by atoms with Gasteiger partial charge in [-0.2, -0.15) is 0 Å². The number of nitrogens with one attached hydrogen (secondary N) is 1. The molecule has 1 unspecified atom stereocenters. The van der Waals surface area contributed by atoms with E-state index in [0.717, 1.165) is 24.7 Å². The molecule has 2 rings (SSSR count). The zero-order valence-corrected chi connectivity index (χ0v) is 10.4. The summed E-state index contributed by atoms with van der Waals surface area (Å²) in [6.45, 7) is 7.59. The molecule has 0 fully saturated rings. The third-order valence-corrected chi connectivity index (χ3v) is 2.93. The third-order valence-electron chi connectivity index (χ3n) is 2.93. The Morgan fingerprint density at radius 1 is 1.31 bits per heavy atom. The van der Waals surface area contributed by atoms with Crippen LogP contribution in [-0.4, -0.2) is 12.6 Å². The number of fused-ring (bicyclic) bond motifs is 1. The van der Waals surface area contributed by atoms with Gasteiger partial charge in [-0.3, -0.25) is 0 Å². The van der Waals surface area contributed by atoms with Crippen molar-refractivity contribution in [2.45, 2.75) is 39.7 Å². The van der Waals surface area contributed by atoms with Gasteiger partial charge in [0.15, 0.2) is 0 Å². The fourth-order valence-corrected chi connectivity index (χ4v) is 2.33. The first-order valence-corrected chi connectivity index (χ1v) is 6.17. The van der Waals surface area contributed by atoms with Crippen molar-refractivity contribution in [2.75, 3.05) is 11.9 Å². The van der Waals surface area contributed by atoms with Crippen LogP contribution in [0.3, 0.4) is 0 Å². The van der Waals surface area contributed by atoms with E-state index in [1.54, 1.807) is 0 Å². The summed E-state index contributed by atoms with van der Waals surface area (Å²) in [5.41, 5.74) is 2.55. The van der Waals surface area contributed by atoms with Gasteiger partial charge in [0.05, 0.1) is 6.61 Å². The molecule has 2 heteroatoms. The van der Waals surface area contributed by atoms with E-state index in [2.05, 4.69) is 44.3 Å². The van der Waals surface area contributed by atoms with Gasteiger partial charge >= 0.3 is 0 Å². The highest BCUT2D eigenvalue weighted by Gasteiger charge is 2.12. The molecule has 1 aromatic rings. The van der Waals surface area contributed by atoms with Crippen molar-refractivity contribution < 1.29 is 4.74 Å². The van der Waals surface area contributed by atoms with Gasteiger partial charge in [0.1, 0.15) is 5.75 Å². The molecular weight excluding hydrogens is 198 g/mol. The molecule has 1 heterocycles. The summed E-state index contributed by atoms with van der Waals surface area (Å²) >= 11 is 0. The second-order valence-electron chi connectivity index (χ2n) is 5.10. The van der Waals surface area contributed by atoms with E-state index in [1.807, 2.05) is 0 Å². The first kappa shape index (κ1) is 11.3. The van der Waals surface area contributed by atoms with Crippen LogP contribution >= 0.6 is 0 Å². The molecule has 2 nitrogen and oxygen atoms in total. The smallest absolute Gasteiger partial charge is 0.122 e. The number of anilines is 1. The molecule has 0 bridgehead atoms. The largest absolute Gasteiger partial charge is 0.493 e. The Kier molecular flexibility index (Phi) is 3.37. The standard InChI is InChI=1S/C14H21NO/c1-10(2)8-11(3)15-13-4-5-14-12(9-13)6-7-16-14/h4-5,9-11,15H,6-8H2,1-3H3. The van der Waals surface area contributed by atoms with E-state index in [-0.39, 0.29) is 0 Å². The summed E-state index contributed by atoms with van der Waals surface area (Å²) in [5.74, 6) is 1.79. The van der Waals surface area contributed by atoms with Crippen LogP contribution in [-0.2, 0) is 6.42 Å². The first-order chi connectivity index (χ1) is 7.65. The Morgan fingerprint density at radius 2 is 2.12 bits per heavy atom. The molecule has 1 aliphatic heterocycles. The summed E-state index contributed by atoms with van der Waals surface area (Å²) in [5, 5.41) is 3.55. The van der Waals surface area contributed by atoms with Gasteiger partial charge < -0.3 is 10.1 Å². The lowest BCUT2D eigenvalue weighted by Crippen LogP contribution is -2.17. The number of hydrogen-bond donors (Lipinski definition) is 1. The molecule has 1 aromatic carbocycles. The van der Waals surface area contributed by atoms with E-state index in [4.69, 9.17) is 4.74 Å². The maximum absolute atomic E-state index is 5.50. The topological polar surface area (TPSA) is 21.3 Å². The van der Waals surface area contributed by atoms with Crippen molar-refractivity contribution in [1.82, 2.24) is 0 Å². The minimum Gasteiger partial charge on any atom is -0.493 e. The van der Waals surface area contributed by atoms with Gasteiger partial charge in [0.2, 0.25) is 0 Å². The molecule has 0 amide bonds. The molecule has 0 radical (unpaired) electrons. The number of rotatable bonds is 4. The number of ether oxygens (including phenoxy) is 1. The number of hydrogen-bond acceptors (Lipinski definition) is 2. The Bertz CT molecular complexity index is 360. The summed E-state index contributed by atoms with van der Waals surface area (Å²) in [7, 11) is 0. The van der Waals surface area contributed by atoms with Crippen molar-refractivity contribution >= 4 is 5.69 Å². The highest BCUT2D eigenvalue weighted by atomic mass is 16.5. The molecule has 0 spiro atoms. The molecule has 1 N–H and O–H groups in total. The minimum atomic E-state index is 0.528. The van der Waals surface area contributed by atoms with Crippen LogP contribution in [0.4, 0.5) is 5.69 Å². The Balaban J connectivity index is 1.99. The lowest BCUT2D eigenvalue weighted by Gasteiger charge is -2.17.